The second-order valence-electron chi connectivity index (χ2n) is 7.32. The zero-order valence-corrected chi connectivity index (χ0v) is 17.4. The minimum Gasteiger partial charge on any atom is -0.486 e. The largest absolute Gasteiger partial charge is 0.486 e. The van der Waals surface area contributed by atoms with Crippen molar-refractivity contribution in [3.05, 3.63) is 48.5 Å². The predicted octanol–water partition coefficient (Wildman–Crippen LogP) is 3.06. The molecule has 2 aliphatic heterocycles. The molecular formula is C22H24N2O4S. The fourth-order valence-electron chi connectivity index (χ4n) is 3.74. The number of rotatable bonds is 5. The Labute approximate surface area is 174 Å². The summed E-state index contributed by atoms with van der Waals surface area (Å²) in [6.45, 7) is 1.22. The Kier molecular flexibility index (Phi) is 5.67. The van der Waals surface area contributed by atoms with Gasteiger partial charge in [-0.05, 0) is 42.7 Å². The van der Waals surface area contributed by atoms with Gasteiger partial charge in [-0.15, -0.1) is 11.8 Å². The van der Waals surface area contributed by atoms with Gasteiger partial charge < -0.3 is 19.3 Å². The molecule has 29 heavy (non-hydrogen) atoms. The number of anilines is 1. The van der Waals surface area contributed by atoms with Gasteiger partial charge in [0.1, 0.15) is 6.61 Å². The minimum atomic E-state index is -0.343. The fourth-order valence-corrected chi connectivity index (χ4v) is 4.15. The highest BCUT2D eigenvalue weighted by Gasteiger charge is 2.37. The Hall–Kier alpha value is -2.67. The van der Waals surface area contributed by atoms with Gasteiger partial charge in [0, 0.05) is 30.6 Å². The lowest BCUT2D eigenvalue weighted by Gasteiger charge is -2.30. The van der Waals surface area contributed by atoms with Crippen LogP contribution in [0, 0.1) is 5.92 Å². The van der Waals surface area contributed by atoms with Gasteiger partial charge in [-0.1, -0.05) is 12.1 Å². The maximum Gasteiger partial charge on any atom is 0.227 e. The Morgan fingerprint density at radius 2 is 1.90 bits per heavy atom. The first-order valence-electron chi connectivity index (χ1n) is 9.63. The number of fused-ring (bicyclic) bond motifs is 1. The van der Waals surface area contributed by atoms with Gasteiger partial charge in [0.15, 0.2) is 17.6 Å². The van der Waals surface area contributed by atoms with Crippen LogP contribution in [-0.2, 0) is 9.59 Å². The van der Waals surface area contributed by atoms with Crippen molar-refractivity contribution in [3.8, 4) is 11.5 Å². The molecule has 2 aliphatic rings. The third-order valence-electron chi connectivity index (χ3n) is 5.28. The molecule has 2 aromatic carbocycles. The monoisotopic (exact) mass is 412 g/mol. The maximum absolute atomic E-state index is 12.9. The smallest absolute Gasteiger partial charge is 0.227 e. The molecule has 0 aromatic heterocycles. The number of nitrogens with zero attached hydrogens (tertiary/aromatic N) is 2. The summed E-state index contributed by atoms with van der Waals surface area (Å²) in [6.07, 6.45) is 2.02. The van der Waals surface area contributed by atoms with E-state index in [2.05, 4.69) is 0 Å². The first-order chi connectivity index (χ1) is 14.0. The molecule has 0 radical (unpaired) electrons. The zero-order chi connectivity index (χ0) is 20.4. The lowest BCUT2D eigenvalue weighted by Crippen LogP contribution is -2.44. The second-order valence-corrected chi connectivity index (χ2v) is 8.20. The average molecular weight is 413 g/mol. The van der Waals surface area contributed by atoms with Gasteiger partial charge in [-0.3, -0.25) is 9.59 Å². The molecule has 7 heteroatoms. The van der Waals surface area contributed by atoms with Crippen molar-refractivity contribution in [2.75, 3.05) is 37.9 Å². The summed E-state index contributed by atoms with van der Waals surface area (Å²) in [5.74, 6) is 1.02. The molecule has 2 atom stereocenters. The molecule has 1 fully saturated rings. The number of likely N-dealkylation sites (N-methyl/N-ethyl adjacent to an activating group) is 1. The summed E-state index contributed by atoms with van der Waals surface area (Å²) in [6, 6.07) is 15.4. The van der Waals surface area contributed by atoms with Gasteiger partial charge in [0.2, 0.25) is 11.8 Å². The summed E-state index contributed by atoms with van der Waals surface area (Å²) in [5, 5.41) is 0. The number of carbonyl (C=O) groups is 2. The molecule has 0 bridgehead atoms. The summed E-state index contributed by atoms with van der Waals surface area (Å²) in [5.41, 5.74) is 0.839. The van der Waals surface area contributed by atoms with Crippen molar-refractivity contribution in [1.29, 1.82) is 0 Å². The molecule has 0 aliphatic carbocycles. The second kappa shape index (κ2) is 8.37. The van der Waals surface area contributed by atoms with Crippen LogP contribution in [0.25, 0.3) is 0 Å². The number of para-hydroxylation sites is 2. The Balaban J connectivity index is 1.36. The molecule has 0 N–H and O–H groups in total. The van der Waals surface area contributed by atoms with Gasteiger partial charge >= 0.3 is 0 Å². The number of amides is 2. The normalized spacial score (nSPS) is 20.6. The van der Waals surface area contributed by atoms with E-state index in [9.17, 15) is 9.59 Å². The number of ether oxygens (including phenoxy) is 2. The van der Waals surface area contributed by atoms with Crippen LogP contribution in [0.1, 0.15) is 6.42 Å². The summed E-state index contributed by atoms with van der Waals surface area (Å²) in [7, 11) is 1.76. The average Bonchev–Trinajstić information content (AvgIpc) is 3.14. The molecule has 6 nitrogen and oxygen atoms in total. The highest BCUT2D eigenvalue weighted by molar-refractivity contribution is 7.98. The summed E-state index contributed by atoms with van der Waals surface area (Å²) < 4.78 is 11.7. The Bertz CT molecular complexity index is 902. The van der Waals surface area contributed by atoms with E-state index in [1.54, 1.807) is 28.6 Å². The molecule has 2 aromatic rings. The van der Waals surface area contributed by atoms with E-state index in [0.717, 1.165) is 16.3 Å². The van der Waals surface area contributed by atoms with Crippen LogP contribution in [0.4, 0.5) is 5.69 Å². The summed E-state index contributed by atoms with van der Waals surface area (Å²) in [4.78, 5) is 29.9. The molecule has 0 spiro atoms. The molecule has 1 saturated heterocycles. The zero-order valence-electron chi connectivity index (χ0n) is 16.5. The van der Waals surface area contributed by atoms with Crippen molar-refractivity contribution in [1.82, 2.24) is 4.90 Å². The topological polar surface area (TPSA) is 59.1 Å². The van der Waals surface area contributed by atoms with Gasteiger partial charge in [-0.25, -0.2) is 0 Å². The molecule has 4 rings (SSSR count). The van der Waals surface area contributed by atoms with E-state index >= 15 is 0 Å². The quantitative estimate of drug-likeness (QED) is 0.707. The van der Waals surface area contributed by atoms with E-state index < -0.39 is 0 Å². The van der Waals surface area contributed by atoms with E-state index in [0.29, 0.717) is 25.4 Å². The predicted molar refractivity (Wildman–Crippen MR) is 113 cm³/mol. The molecule has 152 valence electrons. The number of hydrogen-bond acceptors (Lipinski definition) is 5. The van der Waals surface area contributed by atoms with Crippen LogP contribution < -0.4 is 14.4 Å². The van der Waals surface area contributed by atoms with Crippen molar-refractivity contribution in [2.45, 2.75) is 17.4 Å². The highest BCUT2D eigenvalue weighted by atomic mass is 32.2. The van der Waals surface area contributed by atoms with Crippen LogP contribution in [0.5, 0.6) is 11.5 Å². The van der Waals surface area contributed by atoms with Crippen LogP contribution in [-0.4, -0.2) is 55.8 Å². The van der Waals surface area contributed by atoms with Crippen molar-refractivity contribution in [2.24, 2.45) is 5.92 Å². The standard InChI is InChI=1S/C22H24N2O4S/c1-23(13-17-14-27-19-5-3-4-6-20(19)28-17)22(26)15-11-21(25)24(12-15)16-7-9-18(29-2)10-8-16/h3-10,15,17H,11-14H2,1-2H3/t15-,17-/m1/s1. The van der Waals surface area contributed by atoms with E-state index in [1.165, 1.54) is 0 Å². The number of hydrogen-bond donors (Lipinski definition) is 0. The van der Waals surface area contributed by atoms with Crippen LogP contribution in [0.15, 0.2) is 53.4 Å². The molecule has 0 saturated carbocycles. The number of benzene rings is 2. The lowest BCUT2D eigenvalue weighted by atomic mass is 10.1. The van der Waals surface area contributed by atoms with Crippen LogP contribution >= 0.6 is 11.8 Å². The SMILES string of the molecule is CSc1ccc(N2C[C@H](C(=O)N(C)C[C@@H]3COc4ccccc4O3)CC2=O)cc1. The first-order valence-corrected chi connectivity index (χ1v) is 10.9. The van der Waals surface area contributed by atoms with Crippen molar-refractivity contribution < 1.29 is 19.1 Å². The molecular weight excluding hydrogens is 388 g/mol. The minimum absolute atomic E-state index is 0.0140. The van der Waals surface area contributed by atoms with Crippen molar-refractivity contribution in [3.63, 3.8) is 0 Å². The number of carbonyl (C=O) groups excluding carboxylic acids is 2. The van der Waals surface area contributed by atoms with Crippen molar-refractivity contribution >= 4 is 29.3 Å². The Morgan fingerprint density at radius 3 is 2.62 bits per heavy atom. The van der Waals surface area contributed by atoms with Gasteiger partial charge in [0.25, 0.3) is 0 Å². The van der Waals surface area contributed by atoms with Crippen LogP contribution in [0.3, 0.4) is 0 Å². The number of thioether (sulfide) groups is 1. The first kappa shape index (κ1) is 19.6. The lowest BCUT2D eigenvalue weighted by molar-refractivity contribution is -0.135. The Morgan fingerprint density at radius 1 is 1.17 bits per heavy atom. The molecule has 2 amide bonds. The van der Waals surface area contributed by atoms with E-state index in [-0.39, 0.29) is 30.3 Å². The third-order valence-corrected chi connectivity index (χ3v) is 6.02. The van der Waals surface area contributed by atoms with E-state index in [4.69, 9.17) is 9.47 Å². The van der Waals surface area contributed by atoms with E-state index in [1.807, 2.05) is 54.8 Å². The van der Waals surface area contributed by atoms with Gasteiger partial charge in [-0.2, -0.15) is 0 Å². The molecule has 0 unspecified atom stereocenters. The molecule has 2 heterocycles. The summed E-state index contributed by atoms with van der Waals surface area (Å²) >= 11 is 1.66. The van der Waals surface area contributed by atoms with Crippen LogP contribution in [0.2, 0.25) is 0 Å². The third kappa shape index (κ3) is 4.19. The fraction of sp³-hybridized carbons (Fsp3) is 0.364. The van der Waals surface area contributed by atoms with Gasteiger partial charge in [0.05, 0.1) is 12.5 Å². The highest BCUT2D eigenvalue weighted by Crippen LogP contribution is 2.31. The maximum atomic E-state index is 12.9.